The highest BCUT2D eigenvalue weighted by Crippen LogP contribution is 2.12. The number of carbonyl (C=O) groups excluding carboxylic acids is 1. The SMILES string of the molecule is COCCN(CCC#N)C(=O)Cc1ccccc1N. The molecule has 0 bridgehead atoms. The van der Waals surface area contributed by atoms with Gasteiger partial charge in [-0.1, -0.05) is 18.2 Å². The fourth-order valence-electron chi connectivity index (χ4n) is 1.72. The Balaban J connectivity index is 2.65. The van der Waals surface area contributed by atoms with Crippen molar-refractivity contribution < 1.29 is 9.53 Å². The van der Waals surface area contributed by atoms with E-state index >= 15 is 0 Å². The van der Waals surface area contributed by atoms with E-state index in [0.29, 0.717) is 31.8 Å². The Morgan fingerprint density at radius 3 is 2.79 bits per heavy atom. The van der Waals surface area contributed by atoms with Gasteiger partial charge in [0, 0.05) is 25.9 Å². The summed E-state index contributed by atoms with van der Waals surface area (Å²) < 4.78 is 4.97. The lowest BCUT2D eigenvalue weighted by Gasteiger charge is -2.21. The van der Waals surface area contributed by atoms with Crippen molar-refractivity contribution in [1.29, 1.82) is 5.26 Å². The summed E-state index contributed by atoms with van der Waals surface area (Å²) in [6.07, 6.45) is 0.571. The number of benzene rings is 1. The van der Waals surface area contributed by atoms with E-state index in [9.17, 15) is 4.79 Å². The normalized spacial score (nSPS) is 9.89. The third kappa shape index (κ3) is 4.98. The fourth-order valence-corrected chi connectivity index (χ4v) is 1.72. The maximum absolute atomic E-state index is 12.2. The molecule has 0 aliphatic heterocycles. The van der Waals surface area contributed by atoms with Crippen LogP contribution in [0.15, 0.2) is 24.3 Å². The minimum absolute atomic E-state index is 0.0369. The molecule has 1 rings (SSSR count). The molecule has 5 nitrogen and oxygen atoms in total. The number of anilines is 1. The number of nitriles is 1. The van der Waals surface area contributed by atoms with Gasteiger partial charge in [-0.05, 0) is 11.6 Å². The second kappa shape index (κ2) is 8.11. The van der Waals surface area contributed by atoms with Crippen molar-refractivity contribution in [2.24, 2.45) is 0 Å². The summed E-state index contributed by atoms with van der Waals surface area (Å²) in [4.78, 5) is 13.8. The first-order valence-corrected chi connectivity index (χ1v) is 6.16. The van der Waals surface area contributed by atoms with Gasteiger partial charge in [0.25, 0.3) is 0 Å². The minimum Gasteiger partial charge on any atom is -0.398 e. The van der Waals surface area contributed by atoms with Gasteiger partial charge < -0.3 is 15.4 Å². The summed E-state index contributed by atoms with van der Waals surface area (Å²) >= 11 is 0. The van der Waals surface area contributed by atoms with Gasteiger partial charge in [-0.3, -0.25) is 4.79 Å². The van der Waals surface area contributed by atoms with Crippen LogP contribution in [-0.4, -0.2) is 37.6 Å². The van der Waals surface area contributed by atoms with Crippen LogP contribution in [-0.2, 0) is 16.0 Å². The molecule has 1 amide bonds. The Morgan fingerprint density at radius 1 is 1.42 bits per heavy atom. The Kier molecular flexibility index (Phi) is 6.41. The van der Waals surface area contributed by atoms with Gasteiger partial charge in [0.05, 0.1) is 25.5 Å². The molecule has 1 aromatic carbocycles. The van der Waals surface area contributed by atoms with E-state index in [-0.39, 0.29) is 12.3 Å². The Morgan fingerprint density at radius 2 is 2.16 bits per heavy atom. The second-order valence-corrected chi connectivity index (χ2v) is 4.16. The van der Waals surface area contributed by atoms with Gasteiger partial charge >= 0.3 is 0 Å². The first-order valence-electron chi connectivity index (χ1n) is 6.16. The van der Waals surface area contributed by atoms with Crippen LogP contribution >= 0.6 is 0 Å². The zero-order valence-corrected chi connectivity index (χ0v) is 11.1. The van der Waals surface area contributed by atoms with Crippen molar-refractivity contribution in [1.82, 2.24) is 4.90 Å². The number of hydrogen-bond donors (Lipinski definition) is 1. The summed E-state index contributed by atoms with van der Waals surface area (Å²) in [5, 5.41) is 8.62. The molecule has 0 atom stereocenters. The summed E-state index contributed by atoms with van der Waals surface area (Å²) in [5.74, 6) is -0.0369. The summed E-state index contributed by atoms with van der Waals surface area (Å²) in [5.41, 5.74) is 7.25. The summed E-state index contributed by atoms with van der Waals surface area (Å²) in [7, 11) is 1.59. The van der Waals surface area contributed by atoms with E-state index in [1.54, 1.807) is 18.1 Å². The van der Waals surface area contributed by atoms with Crippen molar-refractivity contribution in [3.63, 3.8) is 0 Å². The van der Waals surface area contributed by atoms with Gasteiger partial charge in [0.15, 0.2) is 0 Å². The molecule has 0 aliphatic carbocycles. The molecule has 0 aliphatic rings. The number of nitrogens with zero attached hydrogens (tertiary/aromatic N) is 2. The Labute approximate surface area is 113 Å². The molecule has 19 heavy (non-hydrogen) atoms. The number of carbonyl (C=O) groups is 1. The van der Waals surface area contributed by atoms with Crippen molar-refractivity contribution in [3.05, 3.63) is 29.8 Å². The van der Waals surface area contributed by atoms with Crippen LogP contribution in [0.1, 0.15) is 12.0 Å². The highest BCUT2D eigenvalue weighted by molar-refractivity contribution is 5.80. The van der Waals surface area contributed by atoms with Crippen LogP contribution < -0.4 is 5.73 Å². The topological polar surface area (TPSA) is 79.3 Å². The van der Waals surface area contributed by atoms with Crippen LogP contribution in [0.5, 0.6) is 0 Å². The third-order valence-electron chi connectivity index (χ3n) is 2.81. The molecule has 0 saturated carbocycles. The van der Waals surface area contributed by atoms with Gasteiger partial charge in [-0.2, -0.15) is 5.26 Å². The number of nitrogen functional groups attached to an aromatic ring is 1. The largest absolute Gasteiger partial charge is 0.398 e. The van der Waals surface area contributed by atoms with Gasteiger partial charge in [0.1, 0.15) is 0 Å². The standard InChI is InChI=1S/C14H19N3O2/c1-19-10-9-17(8-4-7-15)14(18)11-12-5-2-3-6-13(12)16/h2-3,5-6H,4,8-11,16H2,1H3. The molecule has 0 spiro atoms. The summed E-state index contributed by atoms with van der Waals surface area (Å²) in [6.45, 7) is 1.37. The summed E-state index contributed by atoms with van der Waals surface area (Å²) in [6, 6.07) is 9.35. The molecule has 0 saturated heterocycles. The number of nitrogens with two attached hydrogens (primary N) is 1. The number of hydrogen-bond acceptors (Lipinski definition) is 4. The zero-order valence-electron chi connectivity index (χ0n) is 11.1. The maximum Gasteiger partial charge on any atom is 0.227 e. The number of ether oxygens (including phenoxy) is 1. The van der Waals surface area contributed by atoms with Crippen LogP contribution in [0.4, 0.5) is 5.69 Å². The van der Waals surface area contributed by atoms with Crippen LogP contribution in [0, 0.1) is 11.3 Å². The molecule has 1 aromatic rings. The second-order valence-electron chi connectivity index (χ2n) is 4.16. The van der Waals surface area contributed by atoms with E-state index in [0.717, 1.165) is 5.56 Å². The molecule has 102 valence electrons. The predicted octanol–water partition coefficient (Wildman–Crippen LogP) is 1.20. The Hall–Kier alpha value is -2.06. The number of para-hydroxylation sites is 1. The predicted molar refractivity (Wildman–Crippen MR) is 73.2 cm³/mol. The van der Waals surface area contributed by atoms with Crippen molar-refractivity contribution in [3.8, 4) is 6.07 Å². The molecule has 0 unspecified atom stereocenters. The molecular formula is C14H19N3O2. The van der Waals surface area contributed by atoms with E-state index < -0.39 is 0 Å². The van der Waals surface area contributed by atoms with Crippen LogP contribution in [0.25, 0.3) is 0 Å². The average molecular weight is 261 g/mol. The van der Waals surface area contributed by atoms with Crippen molar-refractivity contribution in [2.75, 3.05) is 32.5 Å². The highest BCUT2D eigenvalue weighted by Gasteiger charge is 2.14. The van der Waals surface area contributed by atoms with E-state index in [1.807, 2.05) is 24.3 Å². The quantitative estimate of drug-likeness (QED) is 0.748. The Bertz CT molecular complexity index is 454. The zero-order chi connectivity index (χ0) is 14.1. The number of amides is 1. The van der Waals surface area contributed by atoms with E-state index in [1.165, 1.54) is 0 Å². The molecule has 5 heteroatoms. The monoisotopic (exact) mass is 261 g/mol. The van der Waals surface area contributed by atoms with Gasteiger partial charge in [-0.25, -0.2) is 0 Å². The smallest absolute Gasteiger partial charge is 0.227 e. The van der Waals surface area contributed by atoms with E-state index in [2.05, 4.69) is 0 Å². The highest BCUT2D eigenvalue weighted by atomic mass is 16.5. The lowest BCUT2D eigenvalue weighted by Crippen LogP contribution is -2.35. The molecule has 0 radical (unpaired) electrons. The van der Waals surface area contributed by atoms with Crippen molar-refractivity contribution in [2.45, 2.75) is 12.8 Å². The number of rotatable bonds is 7. The molecular weight excluding hydrogens is 242 g/mol. The molecule has 0 aromatic heterocycles. The molecule has 2 N–H and O–H groups in total. The number of methoxy groups -OCH3 is 1. The fraction of sp³-hybridized carbons (Fsp3) is 0.429. The third-order valence-corrected chi connectivity index (χ3v) is 2.81. The molecule has 0 heterocycles. The van der Waals surface area contributed by atoms with Crippen LogP contribution in [0.2, 0.25) is 0 Å². The lowest BCUT2D eigenvalue weighted by molar-refractivity contribution is -0.131. The molecule has 0 fully saturated rings. The van der Waals surface area contributed by atoms with Crippen LogP contribution in [0.3, 0.4) is 0 Å². The first-order chi connectivity index (χ1) is 9.19. The first kappa shape index (κ1) is 15.0. The maximum atomic E-state index is 12.2. The lowest BCUT2D eigenvalue weighted by atomic mass is 10.1. The minimum atomic E-state index is -0.0369. The van der Waals surface area contributed by atoms with Gasteiger partial charge in [-0.15, -0.1) is 0 Å². The van der Waals surface area contributed by atoms with E-state index in [4.69, 9.17) is 15.7 Å². The van der Waals surface area contributed by atoms with Crippen molar-refractivity contribution >= 4 is 11.6 Å². The average Bonchev–Trinajstić information content (AvgIpc) is 2.41. The van der Waals surface area contributed by atoms with Gasteiger partial charge in [0.2, 0.25) is 5.91 Å².